The Morgan fingerprint density at radius 3 is 2.28 bits per heavy atom. The first-order valence-corrected chi connectivity index (χ1v) is 10.1. The molecule has 0 unspecified atom stereocenters. The lowest BCUT2D eigenvalue weighted by atomic mass is 10.0. The van der Waals surface area contributed by atoms with Crippen LogP contribution in [0.1, 0.15) is 11.3 Å². The predicted molar refractivity (Wildman–Crippen MR) is 122 cm³/mol. The zero-order chi connectivity index (χ0) is 21.9. The number of nitrogens with zero attached hydrogens (tertiary/aromatic N) is 3. The van der Waals surface area contributed by atoms with E-state index in [2.05, 4.69) is 10.1 Å². The van der Waals surface area contributed by atoms with Crippen molar-refractivity contribution in [2.75, 3.05) is 0 Å². The summed E-state index contributed by atoms with van der Waals surface area (Å²) in [6.45, 7) is 0.477. The zero-order valence-corrected chi connectivity index (χ0v) is 17.0. The molecule has 0 saturated heterocycles. The van der Waals surface area contributed by atoms with Crippen molar-refractivity contribution >= 4 is 5.65 Å². The summed E-state index contributed by atoms with van der Waals surface area (Å²) in [4.78, 5) is 16.6. The van der Waals surface area contributed by atoms with Gasteiger partial charge in [-0.2, -0.15) is 14.9 Å². The van der Waals surface area contributed by atoms with Gasteiger partial charge in [0, 0.05) is 6.07 Å². The second-order valence-electron chi connectivity index (χ2n) is 7.28. The first-order chi connectivity index (χ1) is 15.7. The maximum Gasteiger partial charge on any atom is 0.282 e. The highest BCUT2D eigenvalue weighted by molar-refractivity contribution is 5.81. The van der Waals surface area contributed by atoms with E-state index < -0.39 is 0 Å². The van der Waals surface area contributed by atoms with Crippen molar-refractivity contribution < 1.29 is 4.74 Å². The van der Waals surface area contributed by atoms with E-state index in [-0.39, 0.29) is 11.3 Å². The van der Waals surface area contributed by atoms with E-state index >= 15 is 0 Å². The molecule has 3 aromatic carbocycles. The monoisotopic (exact) mass is 418 g/mol. The highest BCUT2D eigenvalue weighted by Gasteiger charge is 2.17. The smallest absolute Gasteiger partial charge is 0.282 e. The molecule has 5 rings (SSSR count). The largest absolute Gasteiger partial charge is 0.489 e. The van der Waals surface area contributed by atoms with Crippen LogP contribution in [0.25, 0.3) is 28.0 Å². The van der Waals surface area contributed by atoms with Gasteiger partial charge in [-0.1, -0.05) is 60.7 Å². The molecule has 6 nitrogen and oxygen atoms in total. The molecule has 32 heavy (non-hydrogen) atoms. The molecule has 0 bridgehead atoms. The first-order valence-electron chi connectivity index (χ1n) is 10.1. The van der Waals surface area contributed by atoms with Gasteiger partial charge in [0.1, 0.15) is 24.1 Å². The van der Waals surface area contributed by atoms with Crippen LogP contribution >= 0.6 is 0 Å². The van der Waals surface area contributed by atoms with E-state index in [1.54, 1.807) is 6.07 Å². The van der Waals surface area contributed by atoms with Crippen LogP contribution in [0.3, 0.4) is 0 Å². The molecule has 5 aromatic rings. The van der Waals surface area contributed by atoms with Crippen molar-refractivity contribution in [3.8, 4) is 34.2 Å². The number of aromatic nitrogens is 3. The van der Waals surface area contributed by atoms with Crippen molar-refractivity contribution in [1.82, 2.24) is 14.6 Å². The number of benzene rings is 3. The van der Waals surface area contributed by atoms with Gasteiger partial charge in [0.25, 0.3) is 5.56 Å². The van der Waals surface area contributed by atoms with Gasteiger partial charge in [-0.3, -0.25) is 4.79 Å². The number of ether oxygens (including phenoxy) is 1. The van der Waals surface area contributed by atoms with Crippen LogP contribution in [0.2, 0.25) is 0 Å². The minimum atomic E-state index is -0.286. The Bertz CT molecular complexity index is 1480. The minimum absolute atomic E-state index is 0.180. The number of aromatic amines is 1. The quantitative estimate of drug-likeness (QED) is 0.444. The molecule has 2 heterocycles. The molecular weight excluding hydrogens is 400 g/mol. The first kappa shape index (κ1) is 19.3. The fraction of sp³-hybridized carbons (Fsp3) is 0.0385. The summed E-state index contributed by atoms with van der Waals surface area (Å²) in [5.41, 5.74) is 4.19. The Hall–Kier alpha value is -4.63. The number of fused-ring (bicyclic) bond motifs is 1. The summed E-state index contributed by atoms with van der Waals surface area (Å²) in [5, 5.41) is 13.3. The summed E-state index contributed by atoms with van der Waals surface area (Å²) in [7, 11) is 0. The number of hydrogen-bond acceptors (Lipinski definition) is 4. The molecule has 0 amide bonds. The predicted octanol–water partition coefficient (Wildman–Crippen LogP) is 4.81. The SMILES string of the molecule is N#Cc1cc2[nH]c(-c3ccc(OCc4ccccc4)cc3)c(-c3ccccc3)c(=O)n2n1. The van der Waals surface area contributed by atoms with Crippen LogP contribution in [0.4, 0.5) is 0 Å². The zero-order valence-electron chi connectivity index (χ0n) is 17.0. The number of hydrogen-bond donors (Lipinski definition) is 1. The fourth-order valence-corrected chi connectivity index (χ4v) is 3.63. The molecule has 1 N–H and O–H groups in total. The summed E-state index contributed by atoms with van der Waals surface area (Å²) >= 11 is 0. The van der Waals surface area contributed by atoms with Crippen molar-refractivity contribution in [3.05, 3.63) is 113 Å². The standard InChI is InChI=1S/C26H18N4O2/c27-16-21-15-23-28-25(24(26(31)30(23)29-21)19-9-5-2-6-10-19)20-11-13-22(14-12-20)32-17-18-7-3-1-4-8-18/h1-15,28H,17H2. The molecule has 6 heteroatoms. The van der Waals surface area contributed by atoms with Crippen LogP contribution in [0.15, 0.2) is 95.8 Å². The summed E-state index contributed by atoms with van der Waals surface area (Å²) < 4.78 is 7.13. The lowest BCUT2D eigenvalue weighted by molar-refractivity contribution is 0.306. The summed E-state index contributed by atoms with van der Waals surface area (Å²) in [6, 6.07) is 30.5. The summed E-state index contributed by atoms with van der Waals surface area (Å²) in [6.07, 6.45) is 0. The van der Waals surface area contributed by atoms with Gasteiger partial charge in [0.15, 0.2) is 5.69 Å². The molecule has 0 fully saturated rings. The van der Waals surface area contributed by atoms with Crippen molar-refractivity contribution in [2.45, 2.75) is 6.61 Å². The molecule has 2 aromatic heterocycles. The van der Waals surface area contributed by atoms with Gasteiger partial charge in [-0.05, 0) is 41.0 Å². The van der Waals surface area contributed by atoms with Crippen LogP contribution in [-0.4, -0.2) is 14.6 Å². The molecule has 0 radical (unpaired) electrons. The minimum Gasteiger partial charge on any atom is -0.489 e. The third kappa shape index (κ3) is 3.64. The van der Waals surface area contributed by atoms with Gasteiger partial charge in [-0.25, -0.2) is 0 Å². The number of nitriles is 1. The van der Waals surface area contributed by atoms with Gasteiger partial charge in [0.2, 0.25) is 0 Å². The van der Waals surface area contributed by atoms with Gasteiger partial charge in [-0.15, -0.1) is 0 Å². The third-order valence-electron chi connectivity index (χ3n) is 5.19. The molecule has 0 saturated carbocycles. The van der Waals surface area contributed by atoms with E-state index in [1.165, 1.54) is 4.52 Å². The molecule has 0 aliphatic rings. The molecule has 0 atom stereocenters. The Morgan fingerprint density at radius 1 is 0.906 bits per heavy atom. The second-order valence-corrected chi connectivity index (χ2v) is 7.28. The highest BCUT2D eigenvalue weighted by atomic mass is 16.5. The lowest BCUT2D eigenvalue weighted by Gasteiger charge is -2.12. The number of rotatable bonds is 5. The Labute approximate surface area is 184 Å². The summed E-state index contributed by atoms with van der Waals surface area (Å²) in [5.74, 6) is 0.735. The van der Waals surface area contributed by atoms with Crippen LogP contribution in [0.5, 0.6) is 5.75 Å². The van der Waals surface area contributed by atoms with E-state index in [9.17, 15) is 10.1 Å². The molecule has 0 aliphatic heterocycles. The topological polar surface area (TPSA) is 83.2 Å². The van der Waals surface area contributed by atoms with E-state index in [4.69, 9.17) is 4.74 Å². The van der Waals surface area contributed by atoms with Gasteiger partial charge < -0.3 is 9.72 Å². The van der Waals surface area contributed by atoms with E-state index in [0.717, 1.165) is 22.4 Å². The van der Waals surface area contributed by atoms with E-state index in [0.29, 0.717) is 23.5 Å². The number of nitrogens with one attached hydrogen (secondary N) is 1. The van der Waals surface area contributed by atoms with Gasteiger partial charge >= 0.3 is 0 Å². The maximum absolute atomic E-state index is 13.3. The second kappa shape index (κ2) is 8.25. The Balaban J connectivity index is 1.57. The molecular formula is C26H18N4O2. The third-order valence-corrected chi connectivity index (χ3v) is 5.19. The van der Waals surface area contributed by atoms with Gasteiger partial charge in [0.05, 0.1) is 11.3 Å². The highest BCUT2D eigenvalue weighted by Crippen LogP contribution is 2.29. The Morgan fingerprint density at radius 2 is 1.59 bits per heavy atom. The van der Waals surface area contributed by atoms with Crippen molar-refractivity contribution in [2.24, 2.45) is 0 Å². The van der Waals surface area contributed by atoms with E-state index in [1.807, 2.05) is 91.0 Å². The number of H-pyrrole nitrogens is 1. The average Bonchev–Trinajstić information content (AvgIpc) is 3.28. The van der Waals surface area contributed by atoms with Crippen LogP contribution < -0.4 is 10.3 Å². The van der Waals surface area contributed by atoms with Crippen LogP contribution in [0, 0.1) is 11.3 Å². The molecule has 154 valence electrons. The van der Waals surface area contributed by atoms with Crippen LogP contribution in [-0.2, 0) is 6.61 Å². The normalized spacial score (nSPS) is 10.7. The average molecular weight is 418 g/mol. The van der Waals surface area contributed by atoms with Crippen molar-refractivity contribution in [1.29, 1.82) is 5.26 Å². The molecule has 0 spiro atoms. The van der Waals surface area contributed by atoms with Crippen molar-refractivity contribution in [3.63, 3.8) is 0 Å². The molecule has 0 aliphatic carbocycles. The maximum atomic E-state index is 13.3. The Kier molecular flexibility index (Phi) is 4.98. The lowest BCUT2D eigenvalue weighted by Crippen LogP contribution is -2.18. The fourth-order valence-electron chi connectivity index (χ4n) is 3.63.